The first-order valence-corrected chi connectivity index (χ1v) is 10.7. The van der Waals surface area contributed by atoms with Crippen LogP contribution in [0.1, 0.15) is 31.7 Å². The predicted octanol–water partition coefficient (Wildman–Crippen LogP) is 2.79. The van der Waals surface area contributed by atoms with Gasteiger partial charge in [-0.3, -0.25) is 9.59 Å². The first kappa shape index (κ1) is 16.6. The van der Waals surface area contributed by atoms with E-state index in [0.29, 0.717) is 6.42 Å². The Labute approximate surface area is 133 Å². The van der Waals surface area contributed by atoms with E-state index in [1.807, 2.05) is 18.2 Å². The summed E-state index contributed by atoms with van der Waals surface area (Å²) in [7, 11) is -1.18. The topological polar surface area (TPSA) is 49.7 Å². The number of carbonyl (C=O) groups is 2. The Hall–Kier alpha value is -1.75. The lowest BCUT2D eigenvalue weighted by Crippen LogP contribution is -2.38. The molecule has 0 aromatic heterocycles. The van der Waals surface area contributed by atoms with Crippen molar-refractivity contribution in [1.82, 2.24) is 4.67 Å². The van der Waals surface area contributed by atoms with E-state index < -0.39 is 14.9 Å². The van der Waals surface area contributed by atoms with Gasteiger partial charge in [0.25, 0.3) is 0 Å². The summed E-state index contributed by atoms with van der Waals surface area (Å²) in [5.41, 5.74) is 1.97. The Kier molecular flexibility index (Phi) is 5.66. The average Bonchev–Trinajstić information content (AvgIpc) is 2.47. The number of nitrogens with zero attached hydrogens (tertiary/aromatic N) is 2. The molecule has 0 amide bonds. The first-order valence-electron chi connectivity index (χ1n) is 7.90. The normalized spacial score (nSPS) is 20.5. The molecule has 22 heavy (non-hydrogen) atoms. The molecule has 0 spiro atoms. The zero-order valence-corrected chi connectivity index (χ0v) is 14.7. The van der Waals surface area contributed by atoms with Crippen LogP contribution in [0.4, 0.5) is 0 Å². The smallest absolute Gasteiger partial charge is 0.157 e. The molecule has 1 aromatic carbocycles. The van der Waals surface area contributed by atoms with Gasteiger partial charge in [-0.2, -0.15) is 5.10 Å². The Morgan fingerprint density at radius 2 is 1.95 bits per heavy atom. The van der Waals surface area contributed by atoms with Crippen molar-refractivity contribution in [3.63, 3.8) is 0 Å². The molecule has 2 rings (SSSR count). The van der Waals surface area contributed by atoms with Crippen LogP contribution in [0.3, 0.4) is 0 Å². The molecule has 1 unspecified atom stereocenters. The zero-order chi connectivity index (χ0) is 16.1. The van der Waals surface area contributed by atoms with Crippen molar-refractivity contribution in [1.29, 1.82) is 0 Å². The van der Waals surface area contributed by atoms with Crippen molar-refractivity contribution >= 4 is 26.2 Å². The second-order valence-corrected chi connectivity index (χ2v) is 8.92. The van der Waals surface area contributed by atoms with Crippen molar-refractivity contribution in [2.45, 2.75) is 45.8 Å². The number of Topliss-reactive ketones (excluding diaryl/α,β-unsaturated/α-hetero) is 2. The molecule has 1 fully saturated rings. The van der Waals surface area contributed by atoms with Crippen LogP contribution in [0, 0.1) is 5.92 Å². The van der Waals surface area contributed by atoms with Crippen molar-refractivity contribution in [2.24, 2.45) is 11.0 Å². The Balaban J connectivity index is 2.24. The maximum absolute atomic E-state index is 12.0. The Bertz CT molecular complexity index is 569. The van der Waals surface area contributed by atoms with Gasteiger partial charge in [0.15, 0.2) is 8.96 Å². The highest BCUT2D eigenvalue weighted by Gasteiger charge is 2.32. The number of hydrogen-bond acceptors (Lipinski definition) is 4. The van der Waals surface area contributed by atoms with Crippen LogP contribution in [0.2, 0.25) is 13.1 Å². The molecule has 5 heteroatoms. The summed E-state index contributed by atoms with van der Waals surface area (Å²) in [6, 6.07) is 10.2. The van der Waals surface area contributed by atoms with Gasteiger partial charge in [-0.1, -0.05) is 43.4 Å². The van der Waals surface area contributed by atoms with E-state index in [9.17, 15) is 9.59 Å². The van der Waals surface area contributed by atoms with Crippen molar-refractivity contribution in [3.8, 4) is 0 Å². The van der Waals surface area contributed by atoms with Gasteiger partial charge < -0.3 is 4.67 Å². The second kappa shape index (κ2) is 7.49. The lowest BCUT2D eigenvalue weighted by Gasteiger charge is -2.28. The SMILES string of the molecule is CC(=O)C1C(=O)CCCC1=NN(Cc1ccccc1)[SiH](C)C. The molecule has 0 N–H and O–H groups in total. The Morgan fingerprint density at radius 1 is 1.27 bits per heavy atom. The van der Waals surface area contributed by atoms with Crippen LogP contribution in [0.15, 0.2) is 35.4 Å². The molecular formula is C17H24N2O2Si. The van der Waals surface area contributed by atoms with Gasteiger partial charge in [-0.15, -0.1) is 0 Å². The van der Waals surface area contributed by atoms with Gasteiger partial charge in [0.2, 0.25) is 0 Å². The molecule has 1 aliphatic rings. The van der Waals surface area contributed by atoms with Crippen LogP contribution in [-0.4, -0.2) is 30.9 Å². The molecule has 0 heterocycles. The van der Waals surface area contributed by atoms with E-state index >= 15 is 0 Å². The summed E-state index contributed by atoms with van der Waals surface area (Å²) in [5, 5.41) is 4.75. The lowest BCUT2D eigenvalue weighted by atomic mass is 9.84. The van der Waals surface area contributed by atoms with E-state index in [0.717, 1.165) is 25.1 Å². The fourth-order valence-corrected chi connectivity index (χ4v) is 3.71. The number of ketones is 2. The minimum Gasteiger partial charge on any atom is -0.324 e. The van der Waals surface area contributed by atoms with Crippen LogP contribution < -0.4 is 0 Å². The van der Waals surface area contributed by atoms with Gasteiger partial charge in [0.1, 0.15) is 17.5 Å². The van der Waals surface area contributed by atoms with Gasteiger partial charge in [0, 0.05) is 6.42 Å². The summed E-state index contributed by atoms with van der Waals surface area (Å²) in [6.45, 7) is 6.66. The van der Waals surface area contributed by atoms with Crippen molar-refractivity contribution in [2.75, 3.05) is 0 Å². The highest BCUT2D eigenvalue weighted by atomic mass is 28.3. The molecule has 0 bridgehead atoms. The molecule has 118 valence electrons. The first-order chi connectivity index (χ1) is 10.5. The minimum absolute atomic E-state index is 0.0302. The van der Waals surface area contributed by atoms with Gasteiger partial charge >= 0.3 is 0 Å². The quantitative estimate of drug-likeness (QED) is 0.477. The van der Waals surface area contributed by atoms with Crippen molar-refractivity contribution < 1.29 is 9.59 Å². The summed E-state index contributed by atoms with van der Waals surface area (Å²) in [6.07, 6.45) is 2.06. The maximum atomic E-state index is 12.0. The molecule has 1 aliphatic carbocycles. The minimum atomic E-state index is -1.18. The number of rotatable bonds is 5. The summed E-state index contributed by atoms with van der Waals surface area (Å²) < 4.78 is 2.11. The van der Waals surface area contributed by atoms with Gasteiger partial charge in [-0.25, -0.2) is 0 Å². The molecule has 0 radical (unpaired) electrons. The second-order valence-electron chi connectivity index (χ2n) is 6.13. The predicted molar refractivity (Wildman–Crippen MR) is 91.3 cm³/mol. The van der Waals surface area contributed by atoms with Crippen LogP contribution in [-0.2, 0) is 16.1 Å². The highest BCUT2D eigenvalue weighted by molar-refractivity contribution is 6.52. The van der Waals surface area contributed by atoms with Gasteiger partial charge in [-0.05, 0) is 25.3 Å². The zero-order valence-electron chi connectivity index (χ0n) is 13.6. The number of benzene rings is 1. The number of carbonyl (C=O) groups excluding carboxylic acids is 2. The van der Waals surface area contributed by atoms with Crippen LogP contribution in [0.5, 0.6) is 0 Å². The fourth-order valence-electron chi connectivity index (χ4n) is 2.76. The van der Waals surface area contributed by atoms with Crippen molar-refractivity contribution in [3.05, 3.63) is 35.9 Å². The molecule has 1 aromatic rings. The molecule has 1 saturated carbocycles. The lowest BCUT2D eigenvalue weighted by molar-refractivity contribution is -0.129. The summed E-state index contributed by atoms with van der Waals surface area (Å²) in [4.78, 5) is 23.9. The van der Waals surface area contributed by atoms with Gasteiger partial charge in [0.05, 0.1) is 12.3 Å². The Morgan fingerprint density at radius 3 is 2.55 bits per heavy atom. The van der Waals surface area contributed by atoms with E-state index in [2.05, 4.69) is 29.9 Å². The molecule has 0 saturated heterocycles. The molecule has 4 nitrogen and oxygen atoms in total. The number of hydrazone groups is 1. The monoisotopic (exact) mass is 316 g/mol. The third-order valence-corrected chi connectivity index (χ3v) is 5.45. The molecule has 0 aliphatic heterocycles. The highest BCUT2D eigenvalue weighted by Crippen LogP contribution is 2.21. The molecule has 1 atom stereocenters. The average molecular weight is 316 g/mol. The maximum Gasteiger partial charge on any atom is 0.157 e. The fraction of sp³-hybridized carbons (Fsp3) is 0.471. The van der Waals surface area contributed by atoms with E-state index in [4.69, 9.17) is 5.10 Å². The third-order valence-electron chi connectivity index (χ3n) is 3.96. The van der Waals surface area contributed by atoms with Crippen LogP contribution in [0.25, 0.3) is 0 Å². The summed E-state index contributed by atoms with van der Waals surface area (Å²) in [5.74, 6) is -0.657. The van der Waals surface area contributed by atoms with E-state index in [-0.39, 0.29) is 11.6 Å². The molecular weight excluding hydrogens is 292 g/mol. The van der Waals surface area contributed by atoms with Crippen LogP contribution >= 0.6 is 0 Å². The van der Waals surface area contributed by atoms with E-state index in [1.54, 1.807) is 0 Å². The standard InChI is InChI=1S/C17H24N2O2Si/c1-13(20)17-15(10-7-11-16(17)21)18-19(22(2)3)12-14-8-5-4-6-9-14/h4-6,8-9,17,22H,7,10-12H2,1-3H3. The third kappa shape index (κ3) is 4.13. The number of hydrogen-bond donors (Lipinski definition) is 0. The van der Waals surface area contributed by atoms with E-state index in [1.165, 1.54) is 12.5 Å². The largest absolute Gasteiger partial charge is 0.324 e. The summed E-state index contributed by atoms with van der Waals surface area (Å²) >= 11 is 0.